The minimum absolute atomic E-state index is 0.148. The summed E-state index contributed by atoms with van der Waals surface area (Å²) in [5.74, 6) is -4.52. The Bertz CT molecular complexity index is 295. The van der Waals surface area contributed by atoms with Crippen LogP contribution in [0.25, 0.3) is 0 Å². The molecule has 1 amide bonds. The number of thioether (sulfide) groups is 1. The van der Waals surface area contributed by atoms with Gasteiger partial charge >= 0.3 is 11.9 Å². The van der Waals surface area contributed by atoms with E-state index in [1.807, 2.05) is 6.92 Å². The molecule has 2 unspecified atom stereocenters. The fourth-order valence-electron chi connectivity index (χ4n) is 0.956. The van der Waals surface area contributed by atoms with Gasteiger partial charge in [0.15, 0.2) is 5.92 Å². The van der Waals surface area contributed by atoms with Crippen LogP contribution in [0.5, 0.6) is 0 Å². The van der Waals surface area contributed by atoms with E-state index in [9.17, 15) is 14.4 Å². The van der Waals surface area contributed by atoms with Crippen molar-refractivity contribution < 1.29 is 29.7 Å². The van der Waals surface area contributed by atoms with Crippen molar-refractivity contribution in [3.63, 3.8) is 0 Å². The zero-order valence-electron chi connectivity index (χ0n) is 9.25. The van der Waals surface area contributed by atoms with E-state index >= 15 is 0 Å². The minimum atomic E-state index is -1.64. The van der Waals surface area contributed by atoms with Gasteiger partial charge in [-0.25, -0.2) is 4.79 Å². The molecule has 0 saturated heterocycles. The number of carboxylic acid groups (broad SMARTS) is 2. The van der Waals surface area contributed by atoms with Crippen LogP contribution in [-0.4, -0.2) is 57.3 Å². The maximum absolute atomic E-state index is 11.4. The van der Waals surface area contributed by atoms with Crippen LogP contribution >= 0.6 is 11.8 Å². The monoisotopic (exact) mass is 265 g/mol. The van der Waals surface area contributed by atoms with Crippen molar-refractivity contribution in [3.05, 3.63) is 0 Å². The summed E-state index contributed by atoms with van der Waals surface area (Å²) in [6.45, 7) is 0.966. The number of rotatable bonds is 8. The first-order valence-electron chi connectivity index (χ1n) is 4.88. The number of carbonyl (C=O) groups excluding carboxylic acids is 1. The topological polar surface area (TPSA) is 124 Å². The lowest BCUT2D eigenvalue weighted by atomic mass is 10.1. The zero-order chi connectivity index (χ0) is 13.4. The van der Waals surface area contributed by atoms with E-state index in [1.54, 1.807) is 0 Å². The first kappa shape index (κ1) is 15.7. The van der Waals surface area contributed by atoms with Crippen LogP contribution in [0.1, 0.15) is 6.92 Å². The highest BCUT2D eigenvalue weighted by Gasteiger charge is 2.29. The first-order chi connectivity index (χ1) is 7.93. The second-order valence-corrected chi connectivity index (χ2v) is 4.45. The normalized spacial score (nSPS) is 13.8. The van der Waals surface area contributed by atoms with Crippen molar-refractivity contribution in [3.8, 4) is 0 Å². The molecule has 0 bridgehead atoms. The van der Waals surface area contributed by atoms with E-state index < -0.39 is 36.4 Å². The number of aliphatic hydroxyl groups excluding tert-OH is 1. The van der Waals surface area contributed by atoms with E-state index in [1.165, 1.54) is 11.8 Å². The van der Waals surface area contributed by atoms with Crippen molar-refractivity contribution in [2.75, 3.05) is 18.1 Å². The quantitative estimate of drug-likeness (QED) is 0.415. The van der Waals surface area contributed by atoms with Gasteiger partial charge in [-0.2, -0.15) is 11.8 Å². The number of carboxylic acids is 2. The van der Waals surface area contributed by atoms with Gasteiger partial charge in [0.05, 0.1) is 6.61 Å². The summed E-state index contributed by atoms with van der Waals surface area (Å²) in [6.07, 6.45) is 0. The molecule has 0 aromatic rings. The maximum Gasteiger partial charge on any atom is 0.327 e. The van der Waals surface area contributed by atoms with E-state index in [0.717, 1.165) is 0 Å². The van der Waals surface area contributed by atoms with Crippen LogP contribution in [-0.2, 0) is 14.4 Å². The molecule has 0 aromatic carbocycles. The molecule has 0 aliphatic carbocycles. The van der Waals surface area contributed by atoms with Crippen LogP contribution in [0.4, 0.5) is 0 Å². The van der Waals surface area contributed by atoms with Crippen molar-refractivity contribution in [2.24, 2.45) is 5.92 Å². The second-order valence-electron chi connectivity index (χ2n) is 3.13. The van der Waals surface area contributed by atoms with Gasteiger partial charge in [0.1, 0.15) is 6.04 Å². The summed E-state index contributed by atoms with van der Waals surface area (Å²) in [5, 5.41) is 28.2. The summed E-state index contributed by atoms with van der Waals surface area (Å²) >= 11 is 1.31. The van der Waals surface area contributed by atoms with Crippen LogP contribution in [0.2, 0.25) is 0 Å². The maximum atomic E-state index is 11.4. The first-order valence-corrected chi connectivity index (χ1v) is 6.04. The molecule has 2 atom stereocenters. The molecule has 0 saturated carbocycles. The Kier molecular flexibility index (Phi) is 7.31. The van der Waals surface area contributed by atoms with E-state index in [0.29, 0.717) is 5.75 Å². The third-order valence-electron chi connectivity index (χ3n) is 1.90. The summed E-state index contributed by atoms with van der Waals surface area (Å²) in [6, 6.07) is -1.15. The molecule has 7 nitrogen and oxygen atoms in total. The number of hydrogen-bond donors (Lipinski definition) is 4. The van der Waals surface area contributed by atoms with Gasteiger partial charge in [-0.3, -0.25) is 9.59 Å². The third-order valence-corrected chi connectivity index (χ3v) is 2.88. The van der Waals surface area contributed by atoms with Gasteiger partial charge in [0.25, 0.3) is 0 Å². The predicted octanol–water partition coefficient (Wildman–Crippen LogP) is -0.998. The van der Waals surface area contributed by atoms with Crippen molar-refractivity contribution >= 4 is 29.6 Å². The van der Waals surface area contributed by atoms with Crippen LogP contribution < -0.4 is 5.32 Å². The lowest BCUT2D eigenvalue weighted by Crippen LogP contribution is -2.47. The van der Waals surface area contributed by atoms with Gasteiger partial charge in [-0.1, -0.05) is 6.92 Å². The lowest BCUT2D eigenvalue weighted by Gasteiger charge is -2.16. The average molecular weight is 265 g/mol. The standard InChI is InChI=1S/C9H15NO6S/c1-2-17-4-6(9(15)16)10-7(12)5(3-11)8(13)14/h5-6,11H,2-4H2,1H3,(H,10,12)(H,13,14)(H,15,16). The van der Waals surface area contributed by atoms with E-state index in [2.05, 4.69) is 5.32 Å². The van der Waals surface area contributed by atoms with Gasteiger partial charge in [0.2, 0.25) is 5.91 Å². The number of aliphatic hydroxyl groups is 1. The number of aliphatic carboxylic acids is 2. The molecule has 98 valence electrons. The molecule has 0 aliphatic rings. The summed E-state index contributed by atoms with van der Waals surface area (Å²) in [4.78, 5) is 32.7. The molecule has 0 heterocycles. The molecular formula is C9H15NO6S. The number of hydrogen-bond acceptors (Lipinski definition) is 5. The van der Waals surface area contributed by atoms with Crippen molar-refractivity contribution in [1.29, 1.82) is 0 Å². The van der Waals surface area contributed by atoms with Gasteiger partial charge in [-0.05, 0) is 5.75 Å². The van der Waals surface area contributed by atoms with Crippen LogP contribution in [0.3, 0.4) is 0 Å². The van der Waals surface area contributed by atoms with Crippen LogP contribution in [0.15, 0.2) is 0 Å². The molecule has 8 heteroatoms. The van der Waals surface area contributed by atoms with Crippen LogP contribution in [0, 0.1) is 5.92 Å². The fraction of sp³-hybridized carbons (Fsp3) is 0.667. The largest absolute Gasteiger partial charge is 0.481 e. The Morgan fingerprint density at radius 3 is 2.18 bits per heavy atom. The molecule has 4 N–H and O–H groups in total. The highest BCUT2D eigenvalue weighted by Crippen LogP contribution is 2.04. The van der Waals surface area contributed by atoms with E-state index in [-0.39, 0.29) is 5.75 Å². The molecular weight excluding hydrogens is 250 g/mol. The van der Waals surface area contributed by atoms with Gasteiger partial charge < -0.3 is 20.6 Å². The molecule has 0 fully saturated rings. The molecule has 0 aliphatic heterocycles. The Morgan fingerprint density at radius 1 is 1.24 bits per heavy atom. The zero-order valence-corrected chi connectivity index (χ0v) is 10.1. The second kappa shape index (κ2) is 7.91. The highest BCUT2D eigenvalue weighted by molar-refractivity contribution is 7.99. The van der Waals surface area contributed by atoms with Crippen molar-refractivity contribution in [2.45, 2.75) is 13.0 Å². The Morgan fingerprint density at radius 2 is 1.82 bits per heavy atom. The Hall–Kier alpha value is -1.28. The number of nitrogens with one attached hydrogen (secondary N) is 1. The molecule has 17 heavy (non-hydrogen) atoms. The molecule has 0 aromatic heterocycles. The molecule has 0 spiro atoms. The van der Waals surface area contributed by atoms with Crippen molar-refractivity contribution in [1.82, 2.24) is 5.32 Å². The van der Waals surface area contributed by atoms with E-state index in [4.69, 9.17) is 15.3 Å². The SMILES string of the molecule is CCSCC(NC(=O)C(CO)C(=O)O)C(=O)O. The highest BCUT2D eigenvalue weighted by atomic mass is 32.2. The number of amides is 1. The number of carbonyl (C=O) groups is 3. The smallest absolute Gasteiger partial charge is 0.327 e. The summed E-state index contributed by atoms with van der Waals surface area (Å²) in [7, 11) is 0. The van der Waals surface area contributed by atoms with Gasteiger partial charge in [0, 0.05) is 5.75 Å². The predicted molar refractivity (Wildman–Crippen MR) is 60.8 cm³/mol. The minimum Gasteiger partial charge on any atom is -0.481 e. The summed E-state index contributed by atoms with van der Waals surface area (Å²) in [5.41, 5.74) is 0. The lowest BCUT2D eigenvalue weighted by molar-refractivity contribution is -0.151. The third kappa shape index (κ3) is 5.55. The Balaban J connectivity index is 4.48. The summed E-state index contributed by atoms with van der Waals surface area (Å²) < 4.78 is 0. The Labute approximate surface area is 102 Å². The van der Waals surface area contributed by atoms with Gasteiger partial charge in [-0.15, -0.1) is 0 Å². The fourth-order valence-corrected chi connectivity index (χ4v) is 1.65. The molecule has 0 radical (unpaired) electrons. The average Bonchev–Trinajstić information content (AvgIpc) is 2.24. The molecule has 0 rings (SSSR count).